The van der Waals surface area contributed by atoms with E-state index in [1.54, 1.807) is 17.5 Å². The number of rotatable bonds is 12. The van der Waals surface area contributed by atoms with Crippen molar-refractivity contribution in [3.05, 3.63) is 33.8 Å². The normalized spacial score (nSPS) is 19.1. The van der Waals surface area contributed by atoms with E-state index in [1.165, 1.54) is 29.0 Å². The number of amides is 2. The SMILES string of the molecule is CCCCOC(=O)OC(C)OC(=O)C1=C(/C=C\c2csnn2)CSC2C(NC(=O)/C=N\Oc3csc(N)n3)C(=O)N12. The van der Waals surface area contributed by atoms with Crippen LogP contribution in [0.1, 0.15) is 32.4 Å². The molecule has 2 aromatic heterocycles. The molecule has 3 unspecified atom stereocenters. The summed E-state index contributed by atoms with van der Waals surface area (Å²) >= 11 is 3.64. The molecule has 41 heavy (non-hydrogen) atoms. The maximum atomic E-state index is 13.3. The zero-order valence-electron chi connectivity index (χ0n) is 21.8. The van der Waals surface area contributed by atoms with Crippen molar-refractivity contribution in [3.8, 4) is 5.88 Å². The third-order valence-corrected chi connectivity index (χ3v) is 7.87. The molecule has 0 bridgehead atoms. The summed E-state index contributed by atoms with van der Waals surface area (Å²) in [7, 11) is 0. The van der Waals surface area contributed by atoms with Crippen molar-refractivity contribution >= 4 is 76.0 Å². The Hall–Kier alpha value is -4.03. The fraction of sp³-hybridized carbons (Fsp3) is 0.391. The number of unbranched alkanes of at least 4 members (excludes halogenated alkanes) is 1. The second-order valence-corrected chi connectivity index (χ2v) is 10.9. The van der Waals surface area contributed by atoms with Crippen molar-refractivity contribution in [3.63, 3.8) is 0 Å². The van der Waals surface area contributed by atoms with Crippen molar-refractivity contribution in [2.75, 3.05) is 18.1 Å². The molecule has 3 N–H and O–H groups in total. The van der Waals surface area contributed by atoms with Crippen LogP contribution in [0.25, 0.3) is 6.08 Å². The lowest BCUT2D eigenvalue weighted by Crippen LogP contribution is -2.70. The number of allylic oxidation sites excluding steroid dienone is 1. The third-order valence-electron chi connectivity index (χ3n) is 5.39. The van der Waals surface area contributed by atoms with Gasteiger partial charge in [-0.15, -0.1) is 28.2 Å². The molecule has 2 amide bonds. The second-order valence-electron chi connectivity index (χ2n) is 8.33. The quantitative estimate of drug-likeness (QED) is 0.0872. The number of aromatic nitrogens is 3. The minimum absolute atomic E-state index is 0.0448. The smallest absolute Gasteiger partial charge is 0.434 e. The number of nitrogens with two attached hydrogens (primary N) is 1. The molecule has 0 aliphatic carbocycles. The number of oxime groups is 1. The fourth-order valence-corrected chi connectivity index (χ4v) is 5.72. The molecule has 3 atom stereocenters. The monoisotopic (exact) mass is 623 g/mol. The highest BCUT2D eigenvalue weighted by atomic mass is 32.2. The first-order chi connectivity index (χ1) is 19.8. The molecule has 0 spiro atoms. The third kappa shape index (κ3) is 7.80. The van der Waals surface area contributed by atoms with E-state index >= 15 is 0 Å². The van der Waals surface area contributed by atoms with Gasteiger partial charge in [-0.1, -0.05) is 29.1 Å². The number of nitrogens with one attached hydrogen (secondary N) is 1. The van der Waals surface area contributed by atoms with Gasteiger partial charge >= 0.3 is 12.1 Å². The van der Waals surface area contributed by atoms with Crippen LogP contribution in [-0.2, 0) is 28.6 Å². The van der Waals surface area contributed by atoms with Crippen LogP contribution < -0.4 is 15.9 Å². The highest BCUT2D eigenvalue weighted by Gasteiger charge is 2.54. The molecule has 218 valence electrons. The van der Waals surface area contributed by atoms with Crippen LogP contribution in [0.5, 0.6) is 5.88 Å². The number of hydrogen-bond donors (Lipinski definition) is 2. The number of hydrogen-bond acceptors (Lipinski definition) is 16. The van der Waals surface area contributed by atoms with Gasteiger partial charge in [0.15, 0.2) is 5.13 Å². The molecular weight excluding hydrogens is 598 g/mol. The molecule has 15 nitrogen and oxygen atoms in total. The zero-order valence-corrected chi connectivity index (χ0v) is 24.2. The molecule has 0 radical (unpaired) electrons. The molecule has 2 aliphatic rings. The molecule has 2 aliphatic heterocycles. The molecule has 2 aromatic rings. The van der Waals surface area contributed by atoms with Crippen LogP contribution in [-0.4, -0.2) is 79.7 Å². The summed E-state index contributed by atoms with van der Waals surface area (Å²) in [6.07, 6.45) is 3.36. The first kappa shape index (κ1) is 29.9. The fourth-order valence-electron chi connectivity index (χ4n) is 3.52. The average Bonchev–Trinajstić information content (AvgIpc) is 3.61. The Balaban J connectivity index is 1.43. The lowest BCUT2D eigenvalue weighted by Gasteiger charge is -2.49. The van der Waals surface area contributed by atoms with E-state index in [4.69, 9.17) is 24.8 Å². The summed E-state index contributed by atoms with van der Waals surface area (Å²) in [4.78, 5) is 60.7. The Bertz CT molecular complexity index is 1360. The molecule has 4 heterocycles. The van der Waals surface area contributed by atoms with Gasteiger partial charge in [0.05, 0.1) is 17.7 Å². The van der Waals surface area contributed by atoms with Gasteiger partial charge in [-0.3, -0.25) is 14.5 Å². The van der Waals surface area contributed by atoms with E-state index in [0.717, 1.165) is 35.5 Å². The molecule has 1 fully saturated rings. The summed E-state index contributed by atoms with van der Waals surface area (Å²) < 4.78 is 19.1. The number of fused-ring (bicyclic) bond motifs is 1. The van der Waals surface area contributed by atoms with E-state index in [0.29, 0.717) is 23.4 Å². The number of carbonyl (C=O) groups is 4. The van der Waals surface area contributed by atoms with Gasteiger partial charge in [-0.05, 0) is 29.6 Å². The number of thiazole rings is 1. The van der Waals surface area contributed by atoms with Crippen molar-refractivity contribution in [1.82, 2.24) is 24.8 Å². The molecule has 0 saturated carbocycles. The molecular formula is C23H25N7O8S3. The van der Waals surface area contributed by atoms with Crippen LogP contribution in [0.4, 0.5) is 9.93 Å². The Kier molecular flexibility index (Phi) is 10.3. The van der Waals surface area contributed by atoms with Gasteiger partial charge < -0.3 is 30.1 Å². The maximum absolute atomic E-state index is 13.3. The molecule has 1 saturated heterocycles. The van der Waals surface area contributed by atoms with Gasteiger partial charge in [0, 0.05) is 18.1 Å². The lowest BCUT2D eigenvalue weighted by atomic mass is 10.0. The minimum atomic E-state index is -1.29. The largest absolute Gasteiger partial charge is 0.511 e. The molecule has 18 heteroatoms. The van der Waals surface area contributed by atoms with E-state index in [-0.39, 0.29) is 23.3 Å². The minimum Gasteiger partial charge on any atom is -0.434 e. The first-order valence-electron chi connectivity index (χ1n) is 12.2. The second kappa shape index (κ2) is 14.0. The van der Waals surface area contributed by atoms with Gasteiger partial charge in [-0.25, -0.2) is 9.59 Å². The number of carbonyl (C=O) groups excluding carboxylic acids is 4. The van der Waals surface area contributed by atoms with Gasteiger partial charge in [0.25, 0.3) is 17.7 Å². The van der Waals surface area contributed by atoms with Gasteiger partial charge in [0.2, 0.25) is 6.29 Å². The summed E-state index contributed by atoms with van der Waals surface area (Å²) in [5, 5.41) is 12.9. The highest BCUT2D eigenvalue weighted by molar-refractivity contribution is 8.00. The Morgan fingerprint density at radius 3 is 2.83 bits per heavy atom. The summed E-state index contributed by atoms with van der Waals surface area (Å²) in [5.41, 5.74) is 6.50. The number of thioether (sulfide) groups is 1. The summed E-state index contributed by atoms with van der Waals surface area (Å²) in [6, 6.07) is -0.938. The van der Waals surface area contributed by atoms with Crippen molar-refractivity contribution in [1.29, 1.82) is 0 Å². The summed E-state index contributed by atoms with van der Waals surface area (Å²) in [6.45, 7) is 3.47. The topological polar surface area (TPSA) is 198 Å². The molecule has 4 rings (SSSR count). The standard InChI is InChI=1S/C23H25N7O8S3/c1-3-4-7-35-23(34)37-12(2)36-21(33)18-13(5-6-14-10-41-29-28-14)9-39-20-17(19(32)30(18)20)26-15(31)8-25-38-16-11-40-22(24)27-16/h5-6,8,10-12,17,20H,3-4,7,9H2,1-2H3,(H2,24,27)(H,26,31)/b6-5-,25-8-. The van der Waals surface area contributed by atoms with Crippen LogP contribution in [0.15, 0.2) is 33.3 Å². The number of anilines is 1. The van der Waals surface area contributed by atoms with Crippen LogP contribution in [0.2, 0.25) is 0 Å². The van der Waals surface area contributed by atoms with Gasteiger partial charge in [0.1, 0.15) is 23.3 Å². The number of β-lactam (4-membered cyclic amide) rings is 1. The average molecular weight is 624 g/mol. The van der Waals surface area contributed by atoms with E-state index < -0.39 is 41.6 Å². The Morgan fingerprint density at radius 2 is 2.12 bits per heavy atom. The zero-order chi connectivity index (χ0) is 29.4. The van der Waals surface area contributed by atoms with E-state index in [2.05, 4.69) is 25.0 Å². The van der Waals surface area contributed by atoms with Crippen LogP contribution in [0.3, 0.4) is 0 Å². The highest BCUT2D eigenvalue weighted by Crippen LogP contribution is 2.41. The van der Waals surface area contributed by atoms with Crippen molar-refractivity contribution < 1.29 is 38.2 Å². The number of ether oxygens (including phenoxy) is 3. The first-order valence-corrected chi connectivity index (χ1v) is 14.9. The molecule has 0 aromatic carbocycles. The summed E-state index contributed by atoms with van der Waals surface area (Å²) in [5.74, 6) is -1.70. The van der Waals surface area contributed by atoms with Crippen molar-refractivity contribution in [2.45, 2.75) is 44.4 Å². The predicted molar refractivity (Wildman–Crippen MR) is 150 cm³/mol. The number of nitrogen functional groups attached to an aromatic ring is 1. The van der Waals surface area contributed by atoms with E-state index in [1.807, 2.05) is 6.92 Å². The van der Waals surface area contributed by atoms with Crippen LogP contribution in [0, 0.1) is 0 Å². The van der Waals surface area contributed by atoms with Gasteiger partial charge in [-0.2, -0.15) is 4.98 Å². The number of nitrogens with zero attached hydrogens (tertiary/aromatic N) is 5. The lowest BCUT2D eigenvalue weighted by molar-refractivity contribution is -0.169. The van der Waals surface area contributed by atoms with Crippen molar-refractivity contribution in [2.24, 2.45) is 5.16 Å². The maximum Gasteiger partial charge on any atom is 0.511 e. The predicted octanol–water partition coefficient (Wildman–Crippen LogP) is 2.15. The number of esters is 1. The van der Waals surface area contributed by atoms with E-state index in [9.17, 15) is 19.2 Å². The Morgan fingerprint density at radius 1 is 1.29 bits per heavy atom. The van der Waals surface area contributed by atoms with Crippen LogP contribution >= 0.6 is 34.6 Å². The Labute approximate surface area is 245 Å².